The van der Waals surface area contributed by atoms with Gasteiger partial charge in [0.2, 0.25) is 0 Å². The van der Waals surface area contributed by atoms with Crippen LogP contribution in [0.4, 0.5) is 0 Å². The Balaban J connectivity index is 1.88. The molecule has 0 aromatic carbocycles. The fraction of sp³-hybridized carbons (Fsp3) is 1.00. The summed E-state index contributed by atoms with van der Waals surface area (Å²) in [5, 5.41) is 0. The summed E-state index contributed by atoms with van der Waals surface area (Å²) in [4.78, 5) is 0. The molecule has 2 nitrogen and oxygen atoms in total. The summed E-state index contributed by atoms with van der Waals surface area (Å²) in [6.07, 6.45) is 0.148. The Morgan fingerprint density at radius 3 is 2.83 bits per heavy atom. The molecule has 0 aromatic rings. The van der Waals surface area contributed by atoms with E-state index in [-0.39, 0.29) is 6.29 Å². The third-order valence-corrected chi connectivity index (χ3v) is 0.655. The third kappa shape index (κ3) is 0.954. The van der Waals surface area contributed by atoms with Crippen LogP contribution in [-0.2, 0) is 9.47 Å². The van der Waals surface area contributed by atoms with Crippen molar-refractivity contribution in [2.24, 2.45) is 0 Å². The quantitative estimate of drug-likeness (QED) is 0.455. The minimum Gasteiger partial charge on any atom is -0.351 e. The smallest absolute Gasteiger partial charge is 0.181 e. The monoisotopic (exact) mass is 88.1 g/mol. The average Bonchev–Trinajstić information content (AvgIpc) is 2.21. The van der Waals surface area contributed by atoms with E-state index in [1.54, 1.807) is 0 Å². The highest BCUT2D eigenvalue weighted by molar-refractivity contribution is 4.53. The van der Waals surface area contributed by atoms with Crippen molar-refractivity contribution in [2.75, 3.05) is 13.2 Å². The van der Waals surface area contributed by atoms with Crippen molar-refractivity contribution in [1.29, 1.82) is 0 Å². The number of hydrogen-bond acceptors (Lipinski definition) is 2. The third-order valence-electron chi connectivity index (χ3n) is 0.655. The Labute approximate surface area is 37.1 Å². The fourth-order valence-electron chi connectivity index (χ4n) is 0.321. The van der Waals surface area contributed by atoms with Gasteiger partial charge in [-0.1, -0.05) is 0 Å². The van der Waals surface area contributed by atoms with Crippen molar-refractivity contribution in [3.8, 4) is 0 Å². The molecular formula is C4H8O2. The largest absolute Gasteiger partial charge is 0.351 e. The van der Waals surface area contributed by atoms with Gasteiger partial charge in [-0.3, -0.25) is 0 Å². The molecule has 2 heteroatoms. The number of hydrogen-bond donors (Lipinski definition) is 0. The summed E-state index contributed by atoms with van der Waals surface area (Å²) in [7, 11) is 0. The predicted molar refractivity (Wildman–Crippen MR) is 21.4 cm³/mol. The van der Waals surface area contributed by atoms with E-state index in [2.05, 4.69) is 0 Å². The second-order valence-electron chi connectivity index (χ2n) is 1.22. The van der Waals surface area contributed by atoms with Crippen LogP contribution in [0.2, 0.25) is 0 Å². The molecule has 6 heavy (non-hydrogen) atoms. The highest BCUT2D eigenvalue weighted by Gasteiger charge is 2.21. The summed E-state index contributed by atoms with van der Waals surface area (Å²) in [6, 6.07) is 0. The molecule has 0 unspecified atom stereocenters. The van der Waals surface area contributed by atoms with Crippen LogP contribution in [0.25, 0.3) is 0 Å². The molecule has 0 amide bonds. The van der Waals surface area contributed by atoms with Crippen LogP contribution in [-0.4, -0.2) is 19.5 Å². The van der Waals surface area contributed by atoms with Gasteiger partial charge in [-0.15, -0.1) is 0 Å². The van der Waals surface area contributed by atoms with Gasteiger partial charge >= 0.3 is 0 Å². The summed E-state index contributed by atoms with van der Waals surface area (Å²) in [5.74, 6) is 0. The van der Waals surface area contributed by atoms with Crippen LogP contribution < -0.4 is 0 Å². The molecule has 1 heterocycles. The Morgan fingerprint density at radius 2 is 2.67 bits per heavy atom. The number of ether oxygens (including phenoxy) is 2. The van der Waals surface area contributed by atoms with Crippen molar-refractivity contribution in [2.45, 2.75) is 13.2 Å². The molecule has 1 aliphatic heterocycles. The van der Waals surface area contributed by atoms with Crippen molar-refractivity contribution >= 4 is 0 Å². The fourth-order valence-corrected chi connectivity index (χ4v) is 0.321. The molecule has 1 rings (SSSR count). The lowest BCUT2D eigenvalue weighted by molar-refractivity contribution is 0.0593. The van der Waals surface area contributed by atoms with Crippen molar-refractivity contribution in [3.63, 3.8) is 0 Å². The van der Waals surface area contributed by atoms with E-state index in [4.69, 9.17) is 9.47 Å². The Kier molecular flexibility index (Phi) is 1.08. The van der Waals surface area contributed by atoms with E-state index in [1.807, 2.05) is 6.92 Å². The van der Waals surface area contributed by atoms with Gasteiger partial charge in [-0.2, -0.15) is 0 Å². The topological polar surface area (TPSA) is 21.8 Å². The molecule has 1 saturated heterocycles. The first-order valence-electron chi connectivity index (χ1n) is 2.16. The maximum atomic E-state index is 4.93. The van der Waals surface area contributed by atoms with Crippen LogP contribution in [0.15, 0.2) is 0 Å². The zero-order valence-electron chi connectivity index (χ0n) is 3.81. The standard InChI is InChI=1S/C4H8O2/c1-2-5-4-3-6-4/h4H,2-3H2,1H3/t4-/m1/s1. The van der Waals surface area contributed by atoms with Gasteiger partial charge < -0.3 is 9.47 Å². The first kappa shape index (κ1) is 4.09. The SMILES string of the molecule is CCO[C@H]1CO1. The predicted octanol–water partition coefficient (Wildman–Crippen LogP) is 0.379. The molecule has 0 radical (unpaired) electrons. The molecule has 1 atom stereocenters. The highest BCUT2D eigenvalue weighted by Crippen LogP contribution is 2.08. The van der Waals surface area contributed by atoms with Gasteiger partial charge in [-0.05, 0) is 6.92 Å². The summed E-state index contributed by atoms with van der Waals surface area (Å²) >= 11 is 0. The summed E-state index contributed by atoms with van der Waals surface area (Å²) < 4.78 is 9.66. The summed E-state index contributed by atoms with van der Waals surface area (Å²) in [5.41, 5.74) is 0. The van der Waals surface area contributed by atoms with Crippen molar-refractivity contribution in [3.05, 3.63) is 0 Å². The van der Waals surface area contributed by atoms with Gasteiger partial charge in [0.05, 0.1) is 0 Å². The Hall–Kier alpha value is -0.0800. The maximum Gasteiger partial charge on any atom is 0.181 e. The van der Waals surface area contributed by atoms with Gasteiger partial charge in [0.1, 0.15) is 6.61 Å². The molecule has 0 bridgehead atoms. The van der Waals surface area contributed by atoms with E-state index in [1.165, 1.54) is 0 Å². The number of rotatable bonds is 2. The van der Waals surface area contributed by atoms with Crippen molar-refractivity contribution in [1.82, 2.24) is 0 Å². The average molecular weight is 88.1 g/mol. The lowest BCUT2D eigenvalue weighted by atomic mass is 10.8. The van der Waals surface area contributed by atoms with Crippen molar-refractivity contribution < 1.29 is 9.47 Å². The molecule has 0 spiro atoms. The van der Waals surface area contributed by atoms with Gasteiger partial charge in [-0.25, -0.2) is 0 Å². The van der Waals surface area contributed by atoms with Gasteiger partial charge in [0.15, 0.2) is 6.29 Å². The van der Waals surface area contributed by atoms with Crippen LogP contribution >= 0.6 is 0 Å². The second kappa shape index (κ2) is 1.58. The van der Waals surface area contributed by atoms with E-state index in [9.17, 15) is 0 Å². The normalized spacial score (nSPS) is 30.5. The van der Waals surface area contributed by atoms with Crippen LogP contribution in [0.5, 0.6) is 0 Å². The molecule has 0 aliphatic carbocycles. The first-order valence-corrected chi connectivity index (χ1v) is 2.16. The van der Waals surface area contributed by atoms with Crippen LogP contribution in [0.3, 0.4) is 0 Å². The van der Waals surface area contributed by atoms with E-state index in [0.29, 0.717) is 0 Å². The van der Waals surface area contributed by atoms with E-state index in [0.717, 1.165) is 13.2 Å². The van der Waals surface area contributed by atoms with Gasteiger partial charge in [0, 0.05) is 6.61 Å². The van der Waals surface area contributed by atoms with Gasteiger partial charge in [0.25, 0.3) is 0 Å². The van der Waals surface area contributed by atoms with E-state index < -0.39 is 0 Å². The molecule has 0 aromatic heterocycles. The maximum absolute atomic E-state index is 4.93. The zero-order chi connectivity index (χ0) is 4.41. The minimum absolute atomic E-state index is 0.148. The summed E-state index contributed by atoms with van der Waals surface area (Å²) in [6.45, 7) is 3.53. The van der Waals surface area contributed by atoms with E-state index >= 15 is 0 Å². The molecular weight excluding hydrogens is 80.0 g/mol. The highest BCUT2D eigenvalue weighted by atomic mass is 16.8. The molecule has 0 N–H and O–H groups in total. The second-order valence-corrected chi connectivity index (χ2v) is 1.22. The first-order chi connectivity index (χ1) is 2.93. The molecule has 0 saturated carbocycles. The zero-order valence-corrected chi connectivity index (χ0v) is 3.81. The lowest BCUT2D eigenvalue weighted by Crippen LogP contribution is -1.91. The Morgan fingerprint density at radius 1 is 2.00 bits per heavy atom. The Bertz CT molecular complexity index is 40.8. The van der Waals surface area contributed by atoms with Crippen LogP contribution in [0.1, 0.15) is 6.92 Å². The van der Waals surface area contributed by atoms with Crippen LogP contribution in [0, 0.1) is 0 Å². The molecule has 36 valence electrons. The molecule has 1 fully saturated rings. The minimum atomic E-state index is 0.148. The number of epoxide rings is 1. The molecule has 1 aliphatic rings. The lowest BCUT2D eigenvalue weighted by Gasteiger charge is -1.86.